The number of amides is 3. The number of urea groups is 1. The van der Waals surface area contributed by atoms with Gasteiger partial charge in [0.1, 0.15) is 17.7 Å². The van der Waals surface area contributed by atoms with Gasteiger partial charge in [-0.15, -0.1) is 0 Å². The summed E-state index contributed by atoms with van der Waals surface area (Å²) in [7, 11) is 0. The molecule has 0 bridgehead atoms. The second-order valence-electron chi connectivity index (χ2n) is 5.32. The molecule has 0 spiro atoms. The maximum Gasteiger partial charge on any atom is 0.322 e. The molecule has 3 N–H and O–H groups in total. The molecule has 2 rings (SSSR count). The van der Waals surface area contributed by atoms with Crippen molar-refractivity contribution in [3.8, 4) is 0 Å². The van der Waals surface area contributed by atoms with Crippen LogP contribution in [0.15, 0.2) is 48.5 Å². The molecule has 3 amide bonds. The summed E-state index contributed by atoms with van der Waals surface area (Å²) in [5.74, 6) is -2.51. The Morgan fingerprint density at radius 2 is 1.84 bits per heavy atom. The highest BCUT2D eigenvalue weighted by Crippen LogP contribution is 2.17. The molecule has 0 aliphatic heterocycles. The third kappa shape index (κ3) is 4.74. The number of hydroxylamine groups is 1. The number of halogens is 2. The Morgan fingerprint density at radius 3 is 2.44 bits per heavy atom. The maximum atomic E-state index is 13.7. The highest BCUT2D eigenvalue weighted by atomic mass is 19.1. The SMILES string of the molecule is C[C@@H](C(=O)NO)N(Cc1ccccc1)C(=O)Nc1ccc(F)cc1F. The summed E-state index contributed by atoms with van der Waals surface area (Å²) in [5, 5.41) is 11.1. The van der Waals surface area contributed by atoms with Crippen molar-refractivity contribution in [3.63, 3.8) is 0 Å². The largest absolute Gasteiger partial charge is 0.322 e. The molecule has 0 aliphatic rings. The zero-order valence-electron chi connectivity index (χ0n) is 13.4. The van der Waals surface area contributed by atoms with Crippen LogP contribution in [-0.2, 0) is 11.3 Å². The van der Waals surface area contributed by atoms with Crippen LogP contribution in [0.5, 0.6) is 0 Å². The average Bonchev–Trinajstić information content (AvgIpc) is 2.61. The predicted octanol–water partition coefficient (Wildman–Crippen LogP) is 2.89. The van der Waals surface area contributed by atoms with Crippen LogP contribution in [-0.4, -0.2) is 28.1 Å². The molecular weight excluding hydrogens is 332 g/mol. The average molecular weight is 349 g/mol. The van der Waals surface area contributed by atoms with Gasteiger partial charge in [0.15, 0.2) is 0 Å². The lowest BCUT2D eigenvalue weighted by Crippen LogP contribution is -2.48. The van der Waals surface area contributed by atoms with E-state index in [9.17, 15) is 18.4 Å². The van der Waals surface area contributed by atoms with Gasteiger partial charge in [-0.05, 0) is 24.6 Å². The zero-order valence-corrected chi connectivity index (χ0v) is 13.4. The molecule has 25 heavy (non-hydrogen) atoms. The first-order valence-corrected chi connectivity index (χ1v) is 7.43. The number of anilines is 1. The Balaban J connectivity index is 2.23. The minimum absolute atomic E-state index is 0.0457. The number of rotatable bonds is 5. The van der Waals surface area contributed by atoms with Crippen molar-refractivity contribution >= 4 is 17.6 Å². The minimum atomic E-state index is -1.03. The van der Waals surface area contributed by atoms with Crippen molar-refractivity contribution in [2.45, 2.75) is 19.5 Å². The lowest BCUT2D eigenvalue weighted by Gasteiger charge is -2.28. The van der Waals surface area contributed by atoms with Crippen molar-refractivity contribution in [1.82, 2.24) is 10.4 Å². The Bertz CT molecular complexity index is 756. The van der Waals surface area contributed by atoms with E-state index < -0.39 is 29.6 Å². The highest BCUT2D eigenvalue weighted by Gasteiger charge is 2.26. The Morgan fingerprint density at radius 1 is 1.16 bits per heavy atom. The molecule has 0 fully saturated rings. The van der Waals surface area contributed by atoms with Crippen molar-refractivity contribution in [2.75, 3.05) is 5.32 Å². The molecule has 0 aromatic heterocycles. The van der Waals surface area contributed by atoms with Gasteiger partial charge in [-0.1, -0.05) is 30.3 Å². The molecule has 6 nitrogen and oxygen atoms in total. The molecule has 1 atom stereocenters. The molecule has 8 heteroatoms. The number of benzene rings is 2. The van der Waals surface area contributed by atoms with Crippen LogP contribution in [0.1, 0.15) is 12.5 Å². The van der Waals surface area contributed by atoms with E-state index in [0.717, 1.165) is 22.6 Å². The molecule has 2 aromatic rings. The lowest BCUT2D eigenvalue weighted by molar-refractivity contribution is -0.133. The second kappa shape index (κ2) is 8.20. The summed E-state index contributed by atoms with van der Waals surface area (Å²) in [4.78, 5) is 25.3. The summed E-state index contributed by atoms with van der Waals surface area (Å²) < 4.78 is 26.7. The molecule has 0 saturated carbocycles. The van der Waals surface area contributed by atoms with Crippen LogP contribution in [0.2, 0.25) is 0 Å². The molecule has 0 unspecified atom stereocenters. The second-order valence-corrected chi connectivity index (χ2v) is 5.32. The first-order valence-electron chi connectivity index (χ1n) is 7.43. The van der Waals surface area contributed by atoms with Crippen molar-refractivity contribution in [1.29, 1.82) is 0 Å². The van der Waals surface area contributed by atoms with Gasteiger partial charge in [-0.2, -0.15) is 0 Å². The lowest BCUT2D eigenvalue weighted by atomic mass is 10.2. The molecule has 0 aliphatic carbocycles. The zero-order chi connectivity index (χ0) is 18.4. The number of nitrogens with one attached hydrogen (secondary N) is 2. The predicted molar refractivity (Wildman–Crippen MR) is 86.8 cm³/mol. The van der Waals surface area contributed by atoms with Gasteiger partial charge in [0, 0.05) is 12.6 Å². The molecule has 0 heterocycles. The number of carbonyl (C=O) groups excluding carboxylic acids is 2. The van der Waals surface area contributed by atoms with E-state index in [4.69, 9.17) is 5.21 Å². The highest BCUT2D eigenvalue weighted by molar-refractivity contribution is 5.93. The summed E-state index contributed by atoms with van der Waals surface area (Å²) >= 11 is 0. The van der Waals surface area contributed by atoms with Gasteiger partial charge < -0.3 is 10.2 Å². The van der Waals surface area contributed by atoms with Crippen LogP contribution in [0.25, 0.3) is 0 Å². The van der Waals surface area contributed by atoms with E-state index in [-0.39, 0.29) is 12.2 Å². The van der Waals surface area contributed by atoms with E-state index in [2.05, 4.69) is 5.32 Å². The molecule has 0 saturated heterocycles. The standard InChI is InChI=1S/C17H17F2N3O3/c1-11(16(23)21-25)22(10-12-5-3-2-4-6-12)17(24)20-15-8-7-13(18)9-14(15)19/h2-9,11,25H,10H2,1H3,(H,20,24)(H,21,23)/t11-/m0/s1. The van der Waals surface area contributed by atoms with Crippen LogP contribution < -0.4 is 10.8 Å². The van der Waals surface area contributed by atoms with E-state index in [1.54, 1.807) is 30.3 Å². The fourth-order valence-corrected chi connectivity index (χ4v) is 2.18. The first kappa shape index (κ1) is 18.3. The fourth-order valence-electron chi connectivity index (χ4n) is 2.18. The van der Waals surface area contributed by atoms with E-state index >= 15 is 0 Å². The van der Waals surface area contributed by atoms with Gasteiger partial charge in [0.25, 0.3) is 5.91 Å². The summed E-state index contributed by atoms with van der Waals surface area (Å²) in [6.45, 7) is 1.46. The van der Waals surface area contributed by atoms with Gasteiger partial charge in [0.2, 0.25) is 0 Å². The molecule has 132 valence electrons. The van der Waals surface area contributed by atoms with Gasteiger partial charge in [0.05, 0.1) is 5.69 Å². The monoisotopic (exact) mass is 349 g/mol. The number of hydrogen-bond acceptors (Lipinski definition) is 3. The van der Waals surface area contributed by atoms with Crippen LogP contribution in [0.3, 0.4) is 0 Å². The van der Waals surface area contributed by atoms with Crippen molar-refractivity contribution in [2.24, 2.45) is 0 Å². The third-order valence-electron chi connectivity index (χ3n) is 3.59. The maximum absolute atomic E-state index is 13.7. The number of hydrogen-bond donors (Lipinski definition) is 3. The fraction of sp³-hybridized carbons (Fsp3) is 0.176. The van der Waals surface area contributed by atoms with Gasteiger partial charge >= 0.3 is 6.03 Å². The summed E-state index contributed by atoms with van der Waals surface area (Å²) in [5.41, 5.74) is 1.99. The topological polar surface area (TPSA) is 81.7 Å². The van der Waals surface area contributed by atoms with E-state index in [1.807, 2.05) is 0 Å². The number of nitrogens with zero attached hydrogens (tertiary/aromatic N) is 1. The van der Waals surface area contributed by atoms with Gasteiger partial charge in [-0.25, -0.2) is 19.1 Å². The Hall–Kier alpha value is -3.00. The van der Waals surface area contributed by atoms with Crippen LogP contribution in [0, 0.1) is 11.6 Å². The minimum Gasteiger partial charge on any atom is -0.308 e. The normalized spacial score (nSPS) is 11.5. The molecule has 2 aromatic carbocycles. The Kier molecular flexibility index (Phi) is 6.02. The summed E-state index contributed by atoms with van der Waals surface area (Å²) in [6, 6.07) is 9.75. The quantitative estimate of drug-likeness (QED) is 0.573. The van der Waals surface area contributed by atoms with Crippen LogP contribution in [0.4, 0.5) is 19.3 Å². The van der Waals surface area contributed by atoms with Crippen molar-refractivity contribution in [3.05, 3.63) is 65.7 Å². The van der Waals surface area contributed by atoms with Crippen LogP contribution >= 0.6 is 0 Å². The third-order valence-corrected chi connectivity index (χ3v) is 3.59. The van der Waals surface area contributed by atoms with E-state index in [0.29, 0.717) is 6.07 Å². The van der Waals surface area contributed by atoms with Crippen molar-refractivity contribution < 1.29 is 23.6 Å². The molecule has 0 radical (unpaired) electrons. The van der Waals surface area contributed by atoms with Gasteiger partial charge in [-0.3, -0.25) is 10.0 Å². The van der Waals surface area contributed by atoms with E-state index in [1.165, 1.54) is 12.4 Å². The Labute approximate surface area is 143 Å². The molecular formula is C17H17F2N3O3. The number of carbonyl (C=O) groups is 2. The smallest absolute Gasteiger partial charge is 0.308 e. The summed E-state index contributed by atoms with van der Waals surface area (Å²) in [6.07, 6.45) is 0. The first-order chi connectivity index (χ1) is 11.9.